The third-order valence-electron chi connectivity index (χ3n) is 2.83. The highest BCUT2D eigenvalue weighted by molar-refractivity contribution is 6.51. The molecule has 1 aromatic rings. The van der Waals surface area contributed by atoms with Crippen LogP contribution >= 0.6 is 0 Å². The number of esters is 1. The number of carbonyl (C=O) groups excluding carboxylic acids is 3. The first-order valence-corrected chi connectivity index (χ1v) is 5.39. The highest BCUT2D eigenvalue weighted by Crippen LogP contribution is 2.28. The van der Waals surface area contributed by atoms with Gasteiger partial charge >= 0.3 is 5.97 Å². The topological polar surface area (TPSA) is 113 Å². The van der Waals surface area contributed by atoms with Gasteiger partial charge < -0.3 is 20.3 Å². The van der Waals surface area contributed by atoms with Crippen LogP contribution in [0.2, 0.25) is 0 Å². The number of methoxy groups -OCH3 is 1. The number of hydrogen-bond donors (Lipinski definition) is 3. The molecule has 1 aliphatic rings. The first kappa shape index (κ1) is 13.2. The molecule has 0 spiro atoms. The van der Waals surface area contributed by atoms with Gasteiger partial charge in [-0.3, -0.25) is 9.59 Å². The van der Waals surface area contributed by atoms with E-state index in [-0.39, 0.29) is 16.8 Å². The molecular weight excluding hydrogens is 254 g/mol. The number of aliphatic hydroxyl groups excluding tert-OH is 2. The summed E-state index contributed by atoms with van der Waals surface area (Å²) in [6.45, 7) is 0. The second-order valence-corrected chi connectivity index (χ2v) is 4.00. The minimum atomic E-state index is -1.74. The number of amides is 1. The number of Topliss-reactive ketones (excluding diaryl/α,β-unsaturated/α-hetero) is 1. The van der Waals surface area contributed by atoms with Crippen molar-refractivity contribution in [3.8, 4) is 0 Å². The van der Waals surface area contributed by atoms with Crippen LogP contribution in [-0.4, -0.2) is 41.1 Å². The molecule has 0 radical (unpaired) electrons. The Labute approximate surface area is 107 Å². The van der Waals surface area contributed by atoms with Crippen LogP contribution < -0.4 is 5.32 Å². The van der Waals surface area contributed by atoms with Gasteiger partial charge in [0.1, 0.15) is 6.10 Å². The fraction of sp³-hybridized carbons (Fsp3) is 0.250. The lowest BCUT2D eigenvalue weighted by atomic mass is 10.0. The van der Waals surface area contributed by atoms with Crippen molar-refractivity contribution in [2.45, 2.75) is 12.2 Å². The van der Waals surface area contributed by atoms with Gasteiger partial charge in [0.2, 0.25) is 0 Å². The molecule has 2 atom stereocenters. The van der Waals surface area contributed by atoms with Gasteiger partial charge in [-0.1, -0.05) is 6.07 Å². The second-order valence-electron chi connectivity index (χ2n) is 4.00. The first-order chi connectivity index (χ1) is 8.95. The highest BCUT2D eigenvalue weighted by atomic mass is 16.5. The van der Waals surface area contributed by atoms with E-state index in [0.29, 0.717) is 0 Å². The zero-order valence-corrected chi connectivity index (χ0v) is 9.91. The summed E-state index contributed by atoms with van der Waals surface area (Å²) in [5.41, 5.74) is 0.615. The third kappa shape index (κ3) is 2.20. The molecule has 3 N–H and O–H groups in total. The molecule has 19 heavy (non-hydrogen) atoms. The normalized spacial score (nSPS) is 16.6. The van der Waals surface area contributed by atoms with Gasteiger partial charge in [-0.05, 0) is 17.7 Å². The van der Waals surface area contributed by atoms with Crippen LogP contribution in [0.5, 0.6) is 0 Å². The summed E-state index contributed by atoms with van der Waals surface area (Å²) >= 11 is 0. The predicted molar refractivity (Wildman–Crippen MR) is 62.4 cm³/mol. The van der Waals surface area contributed by atoms with Gasteiger partial charge in [-0.25, -0.2) is 4.79 Å². The maximum absolute atomic E-state index is 11.4. The Morgan fingerprint density at radius 1 is 1.32 bits per heavy atom. The number of ketones is 1. The van der Waals surface area contributed by atoms with Crippen LogP contribution in [0.4, 0.5) is 5.69 Å². The molecule has 2 unspecified atom stereocenters. The number of carbonyl (C=O) groups is 3. The molecule has 1 aromatic carbocycles. The van der Waals surface area contributed by atoms with Gasteiger partial charge in [-0.15, -0.1) is 0 Å². The van der Waals surface area contributed by atoms with E-state index in [9.17, 15) is 24.6 Å². The van der Waals surface area contributed by atoms with E-state index in [1.165, 1.54) is 18.2 Å². The van der Waals surface area contributed by atoms with E-state index < -0.39 is 29.9 Å². The van der Waals surface area contributed by atoms with Crippen molar-refractivity contribution < 1.29 is 29.3 Å². The van der Waals surface area contributed by atoms with Crippen molar-refractivity contribution in [1.29, 1.82) is 0 Å². The van der Waals surface area contributed by atoms with E-state index in [1.807, 2.05) is 0 Å². The number of benzene rings is 1. The number of anilines is 1. The van der Waals surface area contributed by atoms with Gasteiger partial charge in [-0.2, -0.15) is 0 Å². The Bertz CT molecular complexity index is 567. The van der Waals surface area contributed by atoms with Crippen molar-refractivity contribution in [2.24, 2.45) is 0 Å². The predicted octanol–water partition coefficient (Wildman–Crippen LogP) is -0.611. The van der Waals surface area contributed by atoms with Crippen molar-refractivity contribution in [1.82, 2.24) is 0 Å². The molecule has 0 bridgehead atoms. The summed E-state index contributed by atoms with van der Waals surface area (Å²) in [6, 6.07) is 4.03. The number of aliphatic hydroxyl groups is 2. The van der Waals surface area contributed by atoms with Gasteiger partial charge in [0, 0.05) is 0 Å². The smallest absolute Gasteiger partial charge is 0.337 e. The number of fused-ring (bicyclic) bond motifs is 1. The maximum Gasteiger partial charge on any atom is 0.337 e. The summed E-state index contributed by atoms with van der Waals surface area (Å²) in [4.78, 5) is 33.6. The zero-order chi connectivity index (χ0) is 14.2. The average Bonchev–Trinajstić information content (AvgIpc) is 2.71. The molecule has 100 valence electrons. The van der Waals surface area contributed by atoms with Gasteiger partial charge in [0.05, 0.1) is 18.4 Å². The molecule has 1 aliphatic heterocycles. The van der Waals surface area contributed by atoms with Crippen molar-refractivity contribution in [3.63, 3.8) is 0 Å². The summed E-state index contributed by atoms with van der Waals surface area (Å²) in [6.07, 6.45) is -3.25. The van der Waals surface area contributed by atoms with Crippen molar-refractivity contribution >= 4 is 23.3 Å². The number of nitrogens with one attached hydrogen (secondary N) is 1. The fourth-order valence-electron chi connectivity index (χ4n) is 1.78. The standard InChI is InChI=1S/C12H11NO6/c1-19-12(18)10(16)8(14)5-2-3-6-7(4-5)13-11(17)9(6)15/h2-4,8,10,14,16H,1H3,(H,13,15,17). The van der Waals surface area contributed by atoms with E-state index in [1.54, 1.807) is 0 Å². The average molecular weight is 265 g/mol. The van der Waals surface area contributed by atoms with E-state index in [4.69, 9.17) is 0 Å². The van der Waals surface area contributed by atoms with Gasteiger partial charge in [0.25, 0.3) is 11.7 Å². The minimum absolute atomic E-state index is 0.187. The zero-order valence-electron chi connectivity index (χ0n) is 9.91. The van der Waals surface area contributed by atoms with E-state index >= 15 is 0 Å². The molecule has 0 saturated heterocycles. The largest absolute Gasteiger partial charge is 0.467 e. The van der Waals surface area contributed by atoms with Crippen LogP contribution in [0.3, 0.4) is 0 Å². The van der Waals surface area contributed by atoms with Crippen LogP contribution in [0.25, 0.3) is 0 Å². The van der Waals surface area contributed by atoms with E-state index in [2.05, 4.69) is 10.1 Å². The molecule has 0 aliphatic carbocycles. The molecule has 0 saturated carbocycles. The molecule has 1 heterocycles. The molecule has 2 rings (SSSR count). The van der Waals surface area contributed by atoms with Crippen LogP contribution in [0.15, 0.2) is 18.2 Å². The lowest BCUT2D eigenvalue weighted by Gasteiger charge is -2.16. The van der Waals surface area contributed by atoms with Crippen molar-refractivity contribution in [3.05, 3.63) is 29.3 Å². The Morgan fingerprint density at radius 3 is 2.63 bits per heavy atom. The van der Waals surface area contributed by atoms with Crippen LogP contribution in [-0.2, 0) is 14.3 Å². The number of ether oxygens (including phenoxy) is 1. The number of rotatable bonds is 3. The van der Waals surface area contributed by atoms with Crippen LogP contribution in [0, 0.1) is 0 Å². The molecule has 7 nitrogen and oxygen atoms in total. The minimum Gasteiger partial charge on any atom is -0.467 e. The molecule has 7 heteroatoms. The SMILES string of the molecule is COC(=O)C(O)C(O)c1ccc2c(c1)NC(=O)C2=O. The first-order valence-electron chi connectivity index (χ1n) is 5.39. The Balaban J connectivity index is 2.29. The molecule has 0 aromatic heterocycles. The molecular formula is C12H11NO6. The summed E-state index contributed by atoms with van der Waals surface area (Å²) in [5.74, 6) is -2.40. The van der Waals surface area contributed by atoms with Crippen LogP contribution in [0.1, 0.15) is 22.0 Å². The van der Waals surface area contributed by atoms with Gasteiger partial charge in [0.15, 0.2) is 6.10 Å². The highest BCUT2D eigenvalue weighted by Gasteiger charge is 2.31. The third-order valence-corrected chi connectivity index (χ3v) is 2.83. The lowest BCUT2D eigenvalue weighted by molar-refractivity contribution is -0.156. The summed E-state index contributed by atoms with van der Waals surface area (Å²) in [5, 5.41) is 21.6. The molecule has 1 amide bonds. The monoisotopic (exact) mass is 265 g/mol. The second kappa shape index (κ2) is 4.79. The number of hydrogen-bond acceptors (Lipinski definition) is 6. The fourth-order valence-corrected chi connectivity index (χ4v) is 1.78. The van der Waals surface area contributed by atoms with Crippen molar-refractivity contribution in [2.75, 3.05) is 12.4 Å². The Hall–Kier alpha value is -2.25. The summed E-state index contributed by atoms with van der Waals surface area (Å²) in [7, 11) is 1.08. The van der Waals surface area contributed by atoms with E-state index in [0.717, 1.165) is 7.11 Å². The Morgan fingerprint density at radius 2 is 2.00 bits per heavy atom. The lowest BCUT2D eigenvalue weighted by Crippen LogP contribution is -2.29. The Kier molecular flexibility index (Phi) is 3.32. The quantitative estimate of drug-likeness (QED) is 0.496. The summed E-state index contributed by atoms with van der Waals surface area (Å²) < 4.78 is 4.31. The molecule has 0 fully saturated rings. The maximum atomic E-state index is 11.4.